The maximum Gasteiger partial charge on any atom is 0.200 e. The fraction of sp³-hybridized carbons (Fsp3) is 0.250. The van der Waals surface area contributed by atoms with E-state index < -0.39 is 30.7 Å². The van der Waals surface area contributed by atoms with E-state index in [0.29, 0.717) is 5.39 Å². The molecular formula is C16H13F3O2. The highest BCUT2D eigenvalue weighted by Crippen LogP contribution is 2.21. The van der Waals surface area contributed by atoms with Crippen molar-refractivity contribution in [2.24, 2.45) is 0 Å². The van der Waals surface area contributed by atoms with Crippen LogP contribution in [0, 0.1) is 0 Å². The number of halogens is 3. The summed E-state index contributed by atoms with van der Waals surface area (Å²) in [7, 11) is 0. The molecule has 0 aliphatic carbocycles. The Labute approximate surface area is 119 Å². The molecule has 0 heterocycles. The molecule has 2 aromatic carbocycles. The van der Waals surface area contributed by atoms with Crippen LogP contribution in [0.2, 0.25) is 0 Å². The Bertz CT molecular complexity index is 657. The van der Waals surface area contributed by atoms with E-state index in [4.69, 9.17) is 0 Å². The van der Waals surface area contributed by atoms with E-state index in [9.17, 15) is 22.8 Å². The number of alkyl halides is 3. The molecule has 0 amide bonds. The monoisotopic (exact) mass is 294 g/mol. The Morgan fingerprint density at radius 1 is 1.05 bits per heavy atom. The van der Waals surface area contributed by atoms with Crippen molar-refractivity contribution in [2.75, 3.05) is 0 Å². The number of carbonyl (C=O) groups is 2. The number of benzene rings is 2. The number of fused-ring (bicyclic) bond motifs is 1. The average Bonchev–Trinajstić information content (AvgIpc) is 2.52. The Hall–Kier alpha value is -2.17. The first-order chi connectivity index (χ1) is 10.0. The minimum absolute atomic E-state index is 0.0258. The second-order valence-electron chi connectivity index (χ2n) is 4.69. The summed E-state index contributed by atoms with van der Waals surface area (Å²) in [5.41, 5.74) is -0.0258. The third-order valence-corrected chi connectivity index (χ3v) is 3.23. The van der Waals surface area contributed by atoms with Crippen LogP contribution in [-0.2, 0) is 4.79 Å². The molecule has 0 saturated heterocycles. The number of hydrogen-bond acceptors (Lipinski definition) is 2. The van der Waals surface area contributed by atoms with Gasteiger partial charge in [0.15, 0.2) is 18.1 Å². The number of carbonyl (C=O) groups excluding carboxylic acids is 2. The normalized spacial score (nSPS) is 15.4. The van der Waals surface area contributed by atoms with E-state index in [1.807, 2.05) is 12.1 Å². The Morgan fingerprint density at radius 2 is 1.71 bits per heavy atom. The van der Waals surface area contributed by atoms with Crippen molar-refractivity contribution < 1.29 is 22.8 Å². The minimum Gasteiger partial charge on any atom is -0.303 e. The van der Waals surface area contributed by atoms with Gasteiger partial charge in [-0.05, 0) is 16.8 Å². The smallest absolute Gasteiger partial charge is 0.200 e. The summed E-state index contributed by atoms with van der Waals surface area (Å²) in [6, 6.07) is 11.5. The van der Waals surface area contributed by atoms with Crippen LogP contribution in [0.25, 0.3) is 10.8 Å². The summed E-state index contributed by atoms with van der Waals surface area (Å²) in [5.74, 6) is -1.12. The molecule has 0 fully saturated rings. The van der Waals surface area contributed by atoms with E-state index >= 15 is 0 Å². The van der Waals surface area contributed by atoms with Crippen molar-refractivity contribution >= 4 is 22.8 Å². The van der Waals surface area contributed by atoms with Gasteiger partial charge in [0.25, 0.3) is 0 Å². The van der Waals surface area contributed by atoms with Gasteiger partial charge in [-0.2, -0.15) is 0 Å². The Kier molecular flexibility index (Phi) is 4.73. The van der Waals surface area contributed by atoms with Crippen molar-refractivity contribution in [3.8, 4) is 0 Å². The van der Waals surface area contributed by atoms with Gasteiger partial charge < -0.3 is 4.79 Å². The molecule has 3 atom stereocenters. The molecule has 2 aromatic rings. The summed E-state index contributed by atoms with van der Waals surface area (Å²) in [5, 5.41) is 1.56. The van der Waals surface area contributed by atoms with Gasteiger partial charge in [0.1, 0.15) is 12.5 Å². The van der Waals surface area contributed by atoms with E-state index in [1.54, 1.807) is 18.2 Å². The second kappa shape index (κ2) is 6.52. The van der Waals surface area contributed by atoms with Crippen LogP contribution in [0.5, 0.6) is 0 Å². The molecule has 2 nitrogen and oxygen atoms in total. The van der Waals surface area contributed by atoms with Gasteiger partial charge >= 0.3 is 0 Å². The van der Waals surface area contributed by atoms with Gasteiger partial charge in [-0.15, -0.1) is 0 Å². The van der Waals surface area contributed by atoms with Gasteiger partial charge in [0, 0.05) is 12.0 Å². The van der Waals surface area contributed by atoms with Crippen LogP contribution in [-0.4, -0.2) is 30.6 Å². The Morgan fingerprint density at radius 3 is 2.38 bits per heavy atom. The lowest BCUT2D eigenvalue weighted by Gasteiger charge is -2.15. The number of ketones is 1. The van der Waals surface area contributed by atoms with E-state index in [1.165, 1.54) is 12.1 Å². The third kappa shape index (κ3) is 3.29. The standard InChI is InChI=1S/C16H13F3O2/c17-13(7-8-20)14(18)15(19)16(21)12-6-5-10-3-1-2-4-11(10)9-12/h1-6,8-9,13-15H,7H2. The van der Waals surface area contributed by atoms with Crippen LogP contribution in [0.3, 0.4) is 0 Å². The summed E-state index contributed by atoms with van der Waals surface area (Å²) < 4.78 is 40.4. The van der Waals surface area contributed by atoms with Crippen LogP contribution in [0.4, 0.5) is 13.2 Å². The molecule has 0 radical (unpaired) electrons. The summed E-state index contributed by atoms with van der Waals surface area (Å²) in [6.45, 7) is 0. The molecule has 0 spiro atoms. The van der Waals surface area contributed by atoms with Crippen molar-refractivity contribution in [3.63, 3.8) is 0 Å². The minimum atomic E-state index is -2.64. The summed E-state index contributed by atoms with van der Waals surface area (Å²) in [4.78, 5) is 22.0. The van der Waals surface area contributed by atoms with Crippen LogP contribution in [0.15, 0.2) is 42.5 Å². The SMILES string of the molecule is O=CCC(F)C(F)C(F)C(=O)c1ccc2ccccc2c1. The highest BCUT2D eigenvalue weighted by molar-refractivity contribution is 6.02. The highest BCUT2D eigenvalue weighted by Gasteiger charge is 2.35. The van der Waals surface area contributed by atoms with E-state index in [-0.39, 0.29) is 11.8 Å². The lowest BCUT2D eigenvalue weighted by molar-refractivity contribution is -0.109. The van der Waals surface area contributed by atoms with Crippen molar-refractivity contribution in [2.45, 2.75) is 24.9 Å². The molecule has 0 aromatic heterocycles. The average molecular weight is 294 g/mol. The predicted molar refractivity (Wildman–Crippen MR) is 73.6 cm³/mol. The van der Waals surface area contributed by atoms with Gasteiger partial charge in [-0.1, -0.05) is 36.4 Å². The van der Waals surface area contributed by atoms with Gasteiger partial charge in [0.05, 0.1) is 0 Å². The highest BCUT2D eigenvalue weighted by atomic mass is 19.2. The van der Waals surface area contributed by atoms with Crippen LogP contribution >= 0.6 is 0 Å². The fourth-order valence-corrected chi connectivity index (χ4v) is 2.05. The zero-order valence-electron chi connectivity index (χ0n) is 11.0. The van der Waals surface area contributed by atoms with E-state index in [0.717, 1.165) is 5.39 Å². The van der Waals surface area contributed by atoms with Gasteiger partial charge in [-0.3, -0.25) is 4.79 Å². The number of hydrogen-bond donors (Lipinski definition) is 0. The first-order valence-electron chi connectivity index (χ1n) is 6.43. The first kappa shape index (κ1) is 15.2. The quantitative estimate of drug-likeness (QED) is 0.602. The zero-order valence-corrected chi connectivity index (χ0v) is 11.0. The number of rotatable bonds is 6. The molecule has 2 rings (SSSR count). The number of aldehydes is 1. The lowest BCUT2D eigenvalue weighted by Crippen LogP contribution is -2.34. The zero-order chi connectivity index (χ0) is 15.4. The summed E-state index contributed by atoms with van der Waals surface area (Å²) >= 11 is 0. The van der Waals surface area contributed by atoms with Crippen molar-refractivity contribution in [1.29, 1.82) is 0 Å². The van der Waals surface area contributed by atoms with Crippen molar-refractivity contribution in [3.05, 3.63) is 48.0 Å². The molecule has 21 heavy (non-hydrogen) atoms. The lowest BCUT2D eigenvalue weighted by atomic mass is 9.98. The third-order valence-electron chi connectivity index (χ3n) is 3.23. The van der Waals surface area contributed by atoms with E-state index in [2.05, 4.69) is 0 Å². The fourth-order valence-electron chi connectivity index (χ4n) is 2.05. The van der Waals surface area contributed by atoms with Gasteiger partial charge in [0.2, 0.25) is 0 Å². The molecule has 0 aliphatic heterocycles. The molecule has 0 saturated carbocycles. The topological polar surface area (TPSA) is 34.1 Å². The molecule has 0 aliphatic rings. The predicted octanol–water partition coefficient (Wildman–Crippen LogP) is 3.63. The molecule has 5 heteroatoms. The maximum atomic E-state index is 13.8. The molecule has 0 bridgehead atoms. The molecule has 3 unspecified atom stereocenters. The van der Waals surface area contributed by atoms with Gasteiger partial charge in [-0.25, -0.2) is 13.2 Å². The van der Waals surface area contributed by atoms with Crippen molar-refractivity contribution in [1.82, 2.24) is 0 Å². The second-order valence-corrected chi connectivity index (χ2v) is 4.69. The van der Waals surface area contributed by atoms with Crippen LogP contribution in [0.1, 0.15) is 16.8 Å². The largest absolute Gasteiger partial charge is 0.303 e. The Balaban J connectivity index is 2.22. The first-order valence-corrected chi connectivity index (χ1v) is 6.43. The van der Waals surface area contributed by atoms with Crippen LogP contribution < -0.4 is 0 Å². The molecule has 0 N–H and O–H groups in total. The molecular weight excluding hydrogens is 281 g/mol. The number of Topliss-reactive ketones (excluding diaryl/α,β-unsaturated/α-hetero) is 1. The summed E-state index contributed by atoms with van der Waals surface area (Å²) in [6.07, 6.45) is -8.20. The molecule has 110 valence electrons. The maximum absolute atomic E-state index is 13.8.